The van der Waals surface area contributed by atoms with Crippen molar-refractivity contribution in [2.75, 3.05) is 19.7 Å². The Kier molecular flexibility index (Phi) is 8.27. The van der Waals surface area contributed by atoms with E-state index in [2.05, 4.69) is 16.0 Å². The molecular weight excluding hydrogens is 449 g/mol. The van der Waals surface area contributed by atoms with Crippen LogP contribution in [-0.4, -0.2) is 48.6 Å². The minimum absolute atomic E-state index is 0.0785. The van der Waals surface area contributed by atoms with E-state index in [9.17, 15) is 18.8 Å². The first kappa shape index (κ1) is 26.3. The summed E-state index contributed by atoms with van der Waals surface area (Å²) in [4.78, 5) is 38.4. The first-order chi connectivity index (χ1) is 16.5. The topological polar surface area (TPSA) is 108 Å². The van der Waals surface area contributed by atoms with Crippen LogP contribution in [0.2, 0.25) is 0 Å². The van der Waals surface area contributed by atoms with Gasteiger partial charge in [-0.15, -0.1) is 0 Å². The number of amides is 3. The number of nitrogens with one attached hydrogen (secondary N) is 3. The molecule has 1 saturated carbocycles. The third kappa shape index (κ3) is 7.11. The molecule has 4 N–H and O–H groups in total. The molecule has 0 aromatic heterocycles. The summed E-state index contributed by atoms with van der Waals surface area (Å²) in [6.07, 6.45) is 2.19. The number of hydrogen-bond donors (Lipinski definition) is 4. The molecule has 35 heavy (non-hydrogen) atoms. The predicted molar refractivity (Wildman–Crippen MR) is 133 cm³/mol. The molecule has 1 fully saturated rings. The molecule has 3 amide bonds. The van der Waals surface area contributed by atoms with E-state index in [1.165, 1.54) is 12.1 Å². The van der Waals surface area contributed by atoms with Gasteiger partial charge in [-0.25, -0.2) is 4.39 Å². The molecule has 0 aliphatic heterocycles. The molecule has 3 rings (SSSR count). The Hall–Kier alpha value is -3.26. The second kappa shape index (κ2) is 11.0. The summed E-state index contributed by atoms with van der Waals surface area (Å²) in [6, 6.07) is 7.58. The molecule has 2 aromatic carbocycles. The van der Waals surface area contributed by atoms with Crippen molar-refractivity contribution in [2.45, 2.75) is 53.0 Å². The molecular formula is C27H34FN3O4. The van der Waals surface area contributed by atoms with Crippen LogP contribution in [0.15, 0.2) is 30.3 Å². The van der Waals surface area contributed by atoms with Crippen molar-refractivity contribution in [1.82, 2.24) is 16.0 Å². The number of hydrogen-bond acceptors (Lipinski definition) is 4. The standard InChI is InChI=1S/C27H34FN3O4/c1-16-21(13-18(14-23(16)28)25(34)31-19-7-8-19)20-9-6-17(24(33)30-15-27(2,3)4)12-22(20)26(35)29-10-5-11-32/h6,9,12-14,19,32H,5,7-8,10-11,15H2,1-4H3,(H,29,35)(H,30,33)(H,31,34). The summed E-state index contributed by atoms with van der Waals surface area (Å²) in [6.45, 7) is 8.20. The van der Waals surface area contributed by atoms with Gasteiger partial charge in [0.1, 0.15) is 5.82 Å². The van der Waals surface area contributed by atoms with Crippen LogP contribution in [0.1, 0.15) is 76.7 Å². The van der Waals surface area contributed by atoms with Crippen LogP contribution < -0.4 is 16.0 Å². The lowest BCUT2D eigenvalue weighted by Crippen LogP contribution is -2.32. The maximum atomic E-state index is 14.9. The first-order valence-electron chi connectivity index (χ1n) is 11.9. The highest BCUT2D eigenvalue weighted by molar-refractivity contribution is 6.05. The monoisotopic (exact) mass is 483 g/mol. The fourth-order valence-corrected chi connectivity index (χ4v) is 3.52. The van der Waals surface area contributed by atoms with Gasteiger partial charge in [-0.1, -0.05) is 26.8 Å². The van der Waals surface area contributed by atoms with E-state index in [-0.39, 0.29) is 47.5 Å². The second-order valence-electron chi connectivity index (χ2n) is 10.2. The number of carbonyl (C=O) groups is 3. The van der Waals surface area contributed by atoms with Crippen molar-refractivity contribution in [1.29, 1.82) is 0 Å². The van der Waals surface area contributed by atoms with Gasteiger partial charge in [0, 0.05) is 42.4 Å². The van der Waals surface area contributed by atoms with Crippen LogP contribution in [0.3, 0.4) is 0 Å². The van der Waals surface area contributed by atoms with Gasteiger partial charge in [0.05, 0.1) is 0 Å². The van der Waals surface area contributed by atoms with Crippen LogP contribution in [0, 0.1) is 18.2 Å². The lowest BCUT2D eigenvalue weighted by molar-refractivity contribution is 0.0934. The van der Waals surface area contributed by atoms with Crippen molar-refractivity contribution >= 4 is 17.7 Å². The number of aliphatic hydroxyl groups excluding tert-OH is 1. The summed E-state index contributed by atoms with van der Waals surface area (Å²) >= 11 is 0. The van der Waals surface area contributed by atoms with E-state index in [0.717, 1.165) is 12.8 Å². The summed E-state index contributed by atoms with van der Waals surface area (Å²) in [5, 5.41) is 17.5. The molecule has 188 valence electrons. The van der Waals surface area contributed by atoms with Gasteiger partial charge in [0.15, 0.2) is 0 Å². The zero-order valence-electron chi connectivity index (χ0n) is 20.8. The Bertz CT molecular complexity index is 1120. The normalized spacial score (nSPS) is 13.3. The second-order valence-corrected chi connectivity index (χ2v) is 10.2. The minimum Gasteiger partial charge on any atom is -0.396 e. The molecule has 1 aliphatic carbocycles. The summed E-state index contributed by atoms with van der Waals surface area (Å²) in [7, 11) is 0. The first-order valence-corrected chi connectivity index (χ1v) is 11.9. The summed E-state index contributed by atoms with van der Waals surface area (Å²) in [5.74, 6) is -1.69. The van der Waals surface area contributed by atoms with Gasteiger partial charge >= 0.3 is 0 Å². The van der Waals surface area contributed by atoms with Crippen LogP contribution >= 0.6 is 0 Å². The Morgan fingerprint density at radius 3 is 2.31 bits per heavy atom. The molecule has 0 spiro atoms. The van der Waals surface area contributed by atoms with E-state index in [4.69, 9.17) is 5.11 Å². The zero-order valence-corrected chi connectivity index (χ0v) is 20.8. The van der Waals surface area contributed by atoms with E-state index in [1.54, 1.807) is 25.1 Å². The van der Waals surface area contributed by atoms with Crippen molar-refractivity contribution in [3.8, 4) is 11.1 Å². The average Bonchev–Trinajstić information content (AvgIpc) is 3.62. The van der Waals surface area contributed by atoms with Crippen molar-refractivity contribution < 1.29 is 23.9 Å². The van der Waals surface area contributed by atoms with Gasteiger partial charge in [0.2, 0.25) is 0 Å². The van der Waals surface area contributed by atoms with Crippen LogP contribution in [0.25, 0.3) is 11.1 Å². The van der Waals surface area contributed by atoms with E-state index in [0.29, 0.717) is 35.2 Å². The molecule has 0 radical (unpaired) electrons. The molecule has 0 heterocycles. The predicted octanol–water partition coefficient (Wildman–Crippen LogP) is 3.58. The highest BCUT2D eigenvalue weighted by Crippen LogP contribution is 2.31. The number of halogens is 1. The number of carbonyl (C=O) groups excluding carboxylic acids is 3. The van der Waals surface area contributed by atoms with Gasteiger partial charge in [-0.2, -0.15) is 0 Å². The molecule has 0 atom stereocenters. The maximum absolute atomic E-state index is 14.9. The number of benzene rings is 2. The molecule has 8 heteroatoms. The van der Waals surface area contributed by atoms with Crippen molar-refractivity contribution in [2.24, 2.45) is 5.41 Å². The smallest absolute Gasteiger partial charge is 0.251 e. The Morgan fingerprint density at radius 1 is 0.971 bits per heavy atom. The van der Waals surface area contributed by atoms with Gasteiger partial charge < -0.3 is 21.1 Å². The lowest BCUT2D eigenvalue weighted by atomic mass is 9.91. The third-order valence-electron chi connectivity index (χ3n) is 5.74. The summed E-state index contributed by atoms with van der Waals surface area (Å²) < 4.78 is 14.9. The van der Waals surface area contributed by atoms with Crippen LogP contribution in [-0.2, 0) is 0 Å². The number of aliphatic hydroxyl groups is 1. The van der Waals surface area contributed by atoms with Crippen LogP contribution in [0.4, 0.5) is 4.39 Å². The van der Waals surface area contributed by atoms with Gasteiger partial charge in [-0.3, -0.25) is 14.4 Å². The van der Waals surface area contributed by atoms with E-state index >= 15 is 0 Å². The number of rotatable bonds is 9. The Balaban J connectivity index is 2.02. The van der Waals surface area contributed by atoms with Crippen LogP contribution in [0.5, 0.6) is 0 Å². The molecule has 1 aliphatic rings. The van der Waals surface area contributed by atoms with Gasteiger partial charge in [-0.05, 0) is 72.6 Å². The zero-order chi connectivity index (χ0) is 25.8. The lowest BCUT2D eigenvalue weighted by Gasteiger charge is -2.19. The molecule has 0 unspecified atom stereocenters. The van der Waals surface area contributed by atoms with E-state index in [1.807, 2.05) is 20.8 Å². The van der Waals surface area contributed by atoms with E-state index < -0.39 is 11.7 Å². The van der Waals surface area contributed by atoms with Crippen molar-refractivity contribution in [3.05, 3.63) is 58.4 Å². The average molecular weight is 484 g/mol. The largest absolute Gasteiger partial charge is 0.396 e. The quantitative estimate of drug-likeness (QED) is 0.409. The Morgan fingerprint density at radius 2 is 1.69 bits per heavy atom. The SMILES string of the molecule is Cc1c(F)cc(C(=O)NC2CC2)cc1-c1ccc(C(=O)NCC(C)(C)C)cc1C(=O)NCCCO. The fourth-order valence-electron chi connectivity index (χ4n) is 3.52. The maximum Gasteiger partial charge on any atom is 0.251 e. The molecule has 0 saturated heterocycles. The van der Waals surface area contributed by atoms with Crippen molar-refractivity contribution in [3.63, 3.8) is 0 Å². The van der Waals surface area contributed by atoms with Gasteiger partial charge in [0.25, 0.3) is 17.7 Å². The summed E-state index contributed by atoms with van der Waals surface area (Å²) in [5.41, 5.74) is 1.66. The Labute approximate surface area is 205 Å². The minimum atomic E-state index is -0.554. The molecule has 0 bridgehead atoms. The highest BCUT2D eigenvalue weighted by atomic mass is 19.1. The molecule has 2 aromatic rings. The highest BCUT2D eigenvalue weighted by Gasteiger charge is 2.25. The molecule has 7 nitrogen and oxygen atoms in total. The fraction of sp³-hybridized carbons (Fsp3) is 0.444. The third-order valence-corrected chi connectivity index (χ3v) is 5.74.